The van der Waals surface area contributed by atoms with E-state index in [1.54, 1.807) is 0 Å². The molecule has 0 fully saturated rings. The minimum atomic E-state index is -0.249. The molecule has 3 nitrogen and oxygen atoms in total. The van der Waals surface area contributed by atoms with E-state index in [4.69, 9.17) is 4.74 Å². The maximum Gasteiger partial charge on any atom is 0.302 e. The highest BCUT2D eigenvalue weighted by Crippen LogP contribution is 2.09. The van der Waals surface area contributed by atoms with Gasteiger partial charge < -0.3 is 9.53 Å². The van der Waals surface area contributed by atoms with E-state index in [1.165, 1.54) is 18.1 Å². The molecule has 3 heteroatoms. The smallest absolute Gasteiger partial charge is 0.302 e. The molecule has 1 unspecified atom stereocenters. The molecule has 0 aromatic heterocycles. The number of carbonyl (C=O) groups excluding carboxylic acids is 2. The van der Waals surface area contributed by atoms with Gasteiger partial charge in [0.2, 0.25) is 0 Å². The predicted molar refractivity (Wildman–Crippen MR) is 82.4 cm³/mol. The Labute approximate surface area is 122 Å². The largest absolute Gasteiger partial charge is 0.462 e. The summed E-state index contributed by atoms with van der Waals surface area (Å²) < 4.78 is 4.86. The van der Waals surface area contributed by atoms with Crippen molar-refractivity contribution in [2.24, 2.45) is 5.92 Å². The number of allylic oxidation sites excluding steroid dienone is 5. The molecule has 0 rings (SSSR count). The molecule has 20 heavy (non-hydrogen) atoms. The van der Waals surface area contributed by atoms with Gasteiger partial charge in [0.1, 0.15) is 12.9 Å². The van der Waals surface area contributed by atoms with E-state index in [-0.39, 0.29) is 11.9 Å². The highest BCUT2D eigenvalue weighted by atomic mass is 16.5. The minimum absolute atomic E-state index is 0.00532. The highest BCUT2D eigenvalue weighted by molar-refractivity contribution is 5.66. The molecule has 1 atom stereocenters. The molecular weight excluding hydrogens is 252 g/mol. The zero-order valence-electron chi connectivity index (χ0n) is 13.0. The molecule has 0 saturated carbocycles. The van der Waals surface area contributed by atoms with Crippen molar-refractivity contribution in [2.75, 3.05) is 6.61 Å². The number of rotatable bonds is 9. The van der Waals surface area contributed by atoms with E-state index in [1.807, 2.05) is 32.1 Å². The highest BCUT2D eigenvalue weighted by Gasteiger charge is 1.94. The summed E-state index contributed by atoms with van der Waals surface area (Å²) in [6, 6.07) is 0. The summed E-state index contributed by atoms with van der Waals surface area (Å²) in [6.45, 7) is 7.77. The van der Waals surface area contributed by atoms with Gasteiger partial charge in [-0.15, -0.1) is 0 Å². The first-order chi connectivity index (χ1) is 9.45. The third kappa shape index (κ3) is 11.5. The van der Waals surface area contributed by atoms with Gasteiger partial charge in [-0.1, -0.05) is 36.3 Å². The number of carbonyl (C=O) groups is 2. The van der Waals surface area contributed by atoms with Crippen molar-refractivity contribution in [1.29, 1.82) is 0 Å². The van der Waals surface area contributed by atoms with E-state index in [0.717, 1.165) is 25.5 Å². The van der Waals surface area contributed by atoms with Gasteiger partial charge in [-0.25, -0.2) is 0 Å². The van der Waals surface area contributed by atoms with Gasteiger partial charge in [0.15, 0.2) is 0 Å². The molecule has 0 radical (unpaired) electrons. The molecule has 0 aromatic carbocycles. The molecule has 0 saturated heterocycles. The van der Waals surface area contributed by atoms with Crippen LogP contribution in [0.1, 0.15) is 47.0 Å². The fraction of sp³-hybridized carbons (Fsp3) is 0.529. The van der Waals surface area contributed by atoms with Crippen LogP contribution in [0.4, 0.5) is 0 Å². The monoisotopic (exact) mass is 278 g/mol. The van der Waals surface area contributed by atoms with Crippen LogP contribution in [0.15, 0.2) is 35.5 Å². The first-order valence-electron chi connectivity index (χ1n) is 7.02. The van der Waals surface area contributed by atoms with Gasteiger partial charge >= 0.3 is 5.97 Å². The molecule has 0 bridgehead atoms. The number of hydrogen-bond donors (Lipinski definition) is 0. The van der Waals surface area contributed by atoms with Crippen molar-refractivity contribution >= 4 is 12.3 Å². The fourth-order valence-electron chi connectivity index (χ4n) is 1.55. The Kier molecular flexibility index (Phi) is 10.3. The summed E-state index contributed by atoms with van der Waals surface area (Å²) in [5.41, 5.74) is 2.52. The Balaban J connectivity index is 3.95. The maximum absolute atomic E-state index is 10.6. The third-order valence-corrected chi connectivity index (χ3v) is 2.84. The molecule has 0 N–H and O–H groups in total. The molecule has 0 amide bonds. The average Bonchev–Trinajstić information content (AvgIpc) is 2.38. The molecule has 0 aliphatic carbocycles. The molecule has 0 aromatic rings. The summed E-state index contributed by atoms with van der Waals surface area (Å²) in [4.78, 5) is 21.1. The summed E-state index contributed by atoms with van der Waals surface area (Å²) in [5, 5.41) is 0. The first kappa shape index (κ1) is 18.4. The first-order valence-corrected chi connectivity index (χ1v) is 7.02. The molecular formula is C17H26O3. The van der Waals surface area contributed by atoms with E-state index >= 15 is 0 Å². The standard InChI is InChI=1S/C17H26O3/c1-14(8-6-10-16(3)13-18)7-5-9-15(2)11-12-20-17(4)19/h6-7,10-11,13,16H,5,8-9,12H2,1-4H3. The van der Waals surface area contributed by atoms with Crippen molar-refractivity contribution in [3.63, 3.8) is 0 Å². The molecule has 112 valence electrons. The summed E-state index contributed by atoms with van der Waals surface area (Å²) in [5.74, 6) is -0.254. The lowest BCUT2D eigenvalue weighted by molar-refractivity contribution is -0.139. The number of esters is 1. The lowest BCUT2D eigenvalue weighted by Crippen LogP contribution is -1.98. The zero-order chi connectivity index (χ0) is 15.4. The SMILES string of the molecule is CC(=O)OCC=C(C)CCC=C(C)CC=CC(C)C=O. The van der Waals surface area contributed by atoms with Crippen LogP contribution >= 0.6 is 0 Å². The van der Waals surface area contributed by atoms with Crippen LogP contribution in [0.2, 0.25) is 0 Å². The van der Waals surface area contributed by atoms with Crippen LogP contribution < -0.4 is 0 Å². The van der Waals surface area contributed by atoms with Gasteiger partial charge in [0.25, 0.3) is 0 Å². The van der Waals surface area contributed by atoms with Crippen molar-refractivity contribution < 1.29 is 14.3 Å². The molecule has 0 aliphatic heterocycles. The second kappa shape index (κ2) is 11.2. The fourth-order valence-corrected chi connectivity index (χ4v) is 1.55. The number of hydrogen-bond acceptors (Lipinski definition) is 3. The van der Waals surface area contributed by atoms with E-state index in [9.17, 15) is 9.59 Å². The quantitative estimate of drug-likeness (QED) is 0.364. The second-order valence-corrected chi connectivity index (χ2v) is 5.07. The van der Waals surface area contributed by atoms with Crippen LogP contribution in [0.3, 0.4) is 0 Å². The Morgan fingerprint density at radius 1 is 1.15 bits per heavy atom. The normalized spacial score (nSPS) is 14.4. The zero-order valence-corrected chi connectivity index (χ0v) is 13.0. The van der Waals surface area contributed by atoms with E-state index in [0.29, 0.717) is 6.61 Å². The Bertz CT molecular complexity index is 389. The van der Waals surface area contributed by atoms with Crippen LogP contribution in [0.25, 0.3) is 0 Å². The van der Waals surface area contributed by atoms with Crippen LogP contribution in [0.5, 0.6) is 0 Å². The van der Waals surface area contributed by atoms with Gasteiger partial charge in [0.05, 0.1) is 0 Å². The van der Waals surface area contributed by atoms with Gasteiger partial charge in [-0.05, 0) is 39.2 Å². The lowest BCUT2D eigenvalue weighted by Gasteiger charge is -2.01. The van der Waals surface area contributed by atoms with Crippen LogP contribution in [-0.4, -0.2) is 18.9 Å². The van der Waals surface area contributed by atoms with E-state index < -0.39 is 0 Å². The van der Waals surface area contributed by atoms with Gasteiger partial charge in [0, 0.05) is 12.8 Å². The van der Waals surface area contributed by atoms with Crippen molar-refractivity contribution in [3.8, 4) is 0 Å². The summed E-state index contributed by atoms with van der Waals surface area (Å²) >= 11 is 0. The third-order valence-electron chi connectivity index (χ3n) is 2.84. The Morgan fingerprint density at radius 2 is 1.85 bits per heavy atom. The van der Waals surface area contributed by atoms with E-state index in [2.05, 4.69) is 13.0 Å². The van der Waals surface area contributed by atoms with Crippen molar-refractivity contribution in [2.45, 2.75) is 47.0 Å². The van der Waals surface area contributed by atoms with Crippen molar-refractivity contribution in [3.05, 3.63) is 35.5 Å². The van der Waals surface area contributed by atoms with Crippen molar-refractivity contribution in [1.82, 2.24) is 0 Å². The summed E-state index contributed by atoms with van der Waals surface area (Å²) in [7, 11) is 0. The molecule has 0 aliphatic rings. The Hall–Kier alpha value is -1.64. The maximum atomic E-state index is 10.6. The summed E-state index contributed by atoms with van der Waals surface area (Å²) in [6.07, 6.45) is 11.9. The lowest BCUT2D eigenvalue weighted by atomic mass is 10.1. The molecule has 0 spiro atoms. The predicted octanol–water partition coefficient (Wildman–Crippen LogP) is 4.00. The number of aldehydes is 1. The topological polar surface area (TPSA) is 43.4 Å². The van der Waals surface area contributed by atoms with Gasteiger partial charge in [-0.3, -0.25) is 4.79 Å². The Morgan fingerprint density at radius 3 is 2.45 bits per heavy atom. The second-order valence-electron chi connectivity index (χ2n) is 5.07. The van der Waals surface area contributed by atoms with Crippen LogP contribution in [0, 0.1) is 5.92 Å². The minimum Gasteiger partial charge on any atom is -0.462 e. The van der Waals surface area contributed by atoms with Gasteiger partial charge in [-0.2, -0.15) is 0 Å². The molecule has 0 heterocycles. The van der Waals surface area contributed by atoms with Crippen LogP contribution in [-0.2, 0) is 14.3 Å². The number of ether oxygens (including phenoxy) is 1. The average molecular weight is 278 g/mol.